The highest BCUT2D eigenvalue weighted by molar-refractivity contribution is 8.15. The van der Waals surface area contributed by atoms with Crippen molar-refractivity contribution in [3.05, 3.63) is 54.1 Å². The predicted octanol–water partition coefficient (Wildman–Crippen LogP) is 3.43. The smallest absolute Gasteiger partial charge is 0.240 e. The van der Waals surface area contributed by atoms with Crippen LogP contribution >= 0.6 is 11.8 Å². The molecule has 2 amide bonds. The summed E-state index contributed by atoms with van der Waals surface area (Å²) in [5.41, 5.74) is 1.50. The van der Waals surface area contributed by atoms with Crippen LogP contribution in [0.2, 0.25) is 0 Å². The highest BCUT2D eigenvalue weighted by atomic mass is 32.2. The zero-order valence-electron chi connectivity index (χ0n) is 17.3. The lowest BCUT2D eigenvalue weighted by atomic mass is 10.2. The van der Waals surface area contributed by atoms with Crippen LogP contribution < -0.4 is 20.1 Å². The third-order valence-corrected chi connectivity index (χ3v) is 5.30. The van der Waals surface area contributed by atoms with E-state index in [9.17, 15) is 9.59 Å². The molecule has 2 N–H and O–H groups in total. The second kappa shape index (κ2) is 11.2. The molecular weight excluding hydrogens is 416 g/mol. The van der Waals surface area contributed by atoms with Crippen LogP contribution in [-0.2, 0) is 9.59 Å². The largest absolute Gasteiger partial charge is 0.497 e. The number of hydrogen-bond donors (Lipinski definition) is 2. The lowest BCUT2D eigenvalue weighted by Gasteiger charge is -2.09. The van der Waals surface area contributed by atoms with Crippen LogP contribution in [0.4, 0.5) is 5.69 Å². The molecule has 0 aliphatic carbocycles. The van der Waals surface area contributed by atoms with Crippen LogP contribution in [0.5, 0.6) is 11.5 Å². The fourth-order valence-corrected chi connectivity index (χ4v) is 3.58. The molecule has 1 atom stereocenters. The first-order valence-corrected chi connectivity index (χ1v) is 10.7. The third kappa shape index (κ3) is 6.85. The summed E-state index contributed by atoms with van der Waals surface area (Å²) in [6.07, 6.45) is 2.54. The summed E-state index contributed by atoms with van der Waals surface area (Å²) in [6.45, 7) is 2.68. The molecule has 1 aliphatic rings. The molecular formula is C22H24N4O4S. The van der Waals surface area contributed by atoms with Gasteiger partial charge in [-0.05, 0) is 60.5 Å². The zero-order valence-corrected chi connectivity index (χ0v) is 18.1. The molecule has 1 heterocycles. The number of benzene rings is 2. The molecule has 1 aliphatic heterocycles. The van der Waals surface area contributed by atoms with Crippen LogP contribution in [0, 0.1) is 0 Å². The third-order valence-electron chi connectivity index (χ3n) is 4.23. The molecule has 2 aromatic rings. The maximum absolute atomic E-state index is 12.3. The molecule has 31 heavy (non-hydrogen) atoms. The first-order valence-electron chi connectivity index (χ1n) is 9.82. The molecule has 1 unspecified atom stereocenters. The van der Waals surface area contributed by atoms with Gasteiger partial charge in [0.2, 0.25) is 11.8 Å². The van der Waals surface area contributed by atoms with Crippen LogP contribution in [0.3, 0.4) is 0 Å². The predicted molar refractivity (Wildman–Crippen MR) is 123 cm³/mol. The standard InChI is InChI=1S/C22H24N4O4S/c1-3-12-30-18-10-6-16(7-11-18)24-20(27)13-19-21(28)25-22(31-19)26-23-14-15-4-8-17(29-2)9-5-15/h4-11,14,19H,3,12-13H2,1-2H3,(H,24,27)(H,25,26,28)/b23-14+. The quantitative estimate of drug-likeness (QED) is 0.460. The fourth-order valence-electron chi connectivity index (χ4n) is 2.66. The highest BCUT2D eigenvalue weighted by Gasteiger charge is 2.32. The highest BCUT2D eigenvalue weighted by Crippen LogP contribution is 2.23. The van der Waals surface area contributed by atoms with Crippen LogP contribution in [0.1, 0.15) is 25.3 Å². The van der Waals surface area contributed by atoms with Gasteiger partial charge >= 0.3 is 0 Å². The van der Waals surface area contributed by atoms with Gasteiger partial charge in [-0.15, -0.1) is 5.10 Å². The summed E-state index contributed by atoms with van der Waals surface area (Å²) >= 11 is 1.19. The van der Waals surface area contributed by atoms with Gasteiger partial charge in [0.05, 0.1) is 19.9 Å². The Morgan fingerprint density at radius 1 is 1.16 bits per heavy atom. The van der Waals surface area contributed by atoms with Gasteiger partial charge in [0.15, 0.2) is 5.17 Å². The molecule has 0 spiro atoms. The molecule has 0 bridgehead atoms. The van der Waals surface area contributed by atoms with Crippen molar-refractivity contribution in [2.75, 3.05) is 19.0 Å². The molecule has 0 saturated carbocycles. The molecule has 1 saturated heterocycles. The van der Waals surface area contributed by atoms with Crippen LogP contribution in [-0.4, -0.2) is 42.2 Å². The van der Waals surface area contributed by atoms with E-state index in [0.717, 1.165) is 23.5 Å². The Hall–Kier alpha value is -3.33. The fraction of sp³-hybridized carbons (Fsp3) is 0.273. The maximum Gasteiger partial charge on any atom is 0.240 e. The molecule has 9 heteroatoms. The van der Waals surface area contributed by atoms with Gasteiger partial charge in [0, 0.05) is 12.1 Å². The average Bonchev–Trinajstić information content (AvgIpc) is 3.12. The Morgan fingerprint density at radius 3 is 2.55 bits per heavy atom. The van der Waals surface area contributed by atoms with Gasteiger partial charge in [-0.25, -0.2) is 0 Å². The SMILES string of the molecule is CCCOc1ccc(NC(=O)CC2S/C(=N\N=C\c3ccc(OC)cc3)NC2=O)cc1. The summed E-state index contributed by atoms with van der Waals surface area (Å²) in [7, 11) is 1.60. The van der Waals surface area contributed by atoms with Crippen molar-refractivity contribution >= 4 is 40.6 Å². The number of nitrogens with zero attached hydrogens (tertiary/aromatic N) is 2. The number of carbonyl (C=O) groups is 2. The molecule has 8 nitrogen and oxygen atoms in total. The molecule has 3 rings (SSSR count). The first kappa shape index (κ1) is 22.4. The van der Waals surface area contributed by atoms with Gasteiger partial charge in [-0.2, -0.15) is 5.10 Å². The minimum Gasteiger partial charge on any atom is -0.497 e. The van der Waals surface area contributed by atoms with E-state index in [0.29, 0.717) is 17.5 Å². The summed E-state index contributed by atoms with van der Waals surface area (Å²) in [4.78, 5) is 24.5. The number of nitrogens with one attached hydrogen (secondary N) is 2. The van der Waals surface area contributed by atoms with Gasteiger partial charge in [-0.1, -0.05) is 18.7 Å². The summed E-state index contributed by atoms with van der Waals surface area (Å²) < 4.78 is 10.6. The topological polar surface area (TPSA) is 101 Å². The van der Waals surface area contributed by atoms with Gasteiger partial charge in [0.25, 0.3) is 0 Å². The molecule has 1 fully saturated rings. The normalized spacial score (nSPS) is 17.0. The number of ether oxygens (including phenoxy) is 2. The van der Waals surface area contributed by atoms with Crippen LogP contribution in [0.25, 0.3) is 0 Å². The Balaban J connectivity index is 1.49. The van der Waals surface area contributed by atoms with Crippen molar-refractivity contribution < 1.29 is 19.1 Å². The summed E-state index contributed by atoms with van der Waals surface area (Å²) in [5, 5.41) is 13.3. The van der Waals surface area contributed by atoms with Crippen LogP contribution in [0.15, 0.2) is 58.7 Å². The Kier molecular flexibility index (Phi) is 8.05. The minimum absolute atomic E-state index is 0.0335. The average molecular weight is 441 g/mol. The number of carbonyl (C=O) groups excluding carboxylic acids is 2. The summed E-state index contributed by atoms with van der Waals surface area (Å²) in [6, 6.07) is 14.5. The molecule has 2 aromatic carbocycles. The van der Waals surface area contributed by atoms with E-state index < -0.39 is 5.25 Å². The molecule has 0 radical (unpaired) electrons. The van der Waals surface area contributed by atoms with Gasteiger partial charge in [-0.3, -0.25) is 9.59 Å². The van der Waals surface area contributed by atoms with Crippen molar-refractivity contribution in [1.82, 2.24) is 5.32 Å². The van der Waals surface area contributed by atoms with Crippen molar-refractivity contribution in [2.24, 2.45) is 10.2 Å². The van der Waals surface area contributed by atoms with Crippen molar-refractivity contribution in [2.45, 2.75) is 25.0 Å². The first-order chi connectivity index (χ1) is 15.1. The molecule has 0 aromatic heterocycles. The maximum atomic E-state index is 12.3. The van der Waals surface area contributed by atoms with E-state index >= 15 is 0 Å². The van der Waals surface area contributed by atoms with E-state index in [-0.39, 0.29) is 18.2 Å². The van der Waals surface area contributed by atoms with E-state index in [1.165, 1.54) is 11.8 Å². The summed E-state index contributed by atoms with van der Waals surface area (Å²) in [5.74, 6) is 0.991. The number of hydrogen-bond acceptors (Lipinski definition) is 7. The second-order valence-electron chi connectivity index (χ2n) is 6.64. The van der Waals surface area contributed by atoms with Gasteiger partial charge < -0.3 is 20.1 Å². The monoisotopic (exact) mass is 440 g/mol. The Labute approximate surface area is 185 Å². The number of amidine groups is 1. The van der Waals surface area contributed by atoms with E-state index in [2.05, 4.69) is 20.8 Å². The van der Waals surface area contributed by atoms with Crippen molar-refractivity contribution in [1.29, 1.82) is 0 Å². The number of methoxy groups -OCH3 is 1. The lowest BCUT2D eigenvalue weighted by molar-refractivity contribution is -0.122. The number of thioether (sulfide) groups is 1. The van der Waals surface area contributed by atoms with Crippen molar-refractivity contribution in [3.8, 4) is 11.5 Å². The molecule has 162 valence electrons. The lowest BCUT2D eigenvalue weighted by Crippen LogP contribution is -2.28. The Morgan fingerprint density at radius 2 is 1.87 bits per heavy atom. The van der Waals surface area contributed by atoms with E-state index in [1.807, 2.05) is 31.2 Å². The zero-order chi connectivity index (χ0) is 22.1. The second-order valence-corrected chi connectivity index (χ2v) is 7.84. The van der Waals surface area contributed by atoms with E-state index in [1.54, 1.807) is 37.6 Å². The Bertz CT molecular complexity index is 958. The number of anilines is 1. The number of amides is 2. The van der Waals surface area contributed by atoms with Gasteiger partial charge in [0.1, 0.15) is 16.7 Å². The van der Waals surface area contributed by atoms with Crippen molar-refractivity contribution in [3.63, 3.8) is 0 Å². The minimum atomic E-state index is -0.554. The van der Waals surface area contributed by atoms with E-state index in [4.69, 9.17) is 9.47 Å². The number of rotatable bonds is 9.